The largest absolute Gasteiger partial charge is 0.493 e. The van der Waals surface area contributed by atoms with Gasteiger partial charge in [0.05, 0.1) is 26.2 Å². The zero-order valence-corrected chi connectivity index (χ0v) is 26.0. The fourth-order valence-corrected chi connectivity index (χ4v) is 5.32. The SMILES string of the molecule is CC[C@@H](C)NC(=O)[C@H](Cc1ccccc1)N(Cc1ccc(C)cc1)C(=O)CN(c1ccc(OC)c(OC)c1)S(C)(=O)=O. The van der Waals surface area contributed by atoms with Crippen molar-refractivity contribution in [3.05, 3.63) is 89.5 Å². The standard InChI is InChI=1S/C32H41N3O6S/c1-7-24(3)33-32(37)28(19-25-11-9-8-10-12-25)34(21-26-15-13-23(2)14-16-26)31(36)22-35(42(6,38)39)27-17-18-29(40-4)30(20-27)41-5/h8-18,20,24,28H,7,19,21-22H2,1-6H3,(H,33,37)/t24-,28+/m1/s1. The average molecular weight is 596 g/mol. The molecular weight excluding hydrogens is 554 g/mol. The van der Waals surface area contributed by atoms with Gasteiger partial charge in [0.15, 0.2) is 11.5 Å². The van der Waals surface area contributed by atoms with E-state index < -0.39 is 28.5 Å². The first kappa shape index (κ1) is 32.5. The Hall–Kier alpha value is -4.05. The molecule has 0 bridgehead atoms. The van der Waals surface area contributed by atoms with Crippen molar-refractivity contribution in [3.8, 4) is 11.5 Å². The lowest BCUT2D eigenvalue weighted by Crippen LogP contribution is -2.54. The zero-order chi connectivity index (χ0) is 30.9. The molecule has 2 atom stereocenters. The van der Waals surface area contributed by atoms with Crippen molar-refractivity contribution < 1.29 is 27.5 Å². The summed E-state index contributed by atoms with van der Waals surface area (Å²) in [5, 5.41) is 3.03. The van der Waals surface area contributed by atoms with Crippen molar-refractivity contribution >= 4 is 27.5 Å². The van der Waals surface area contributed by atoms with Gasteiger partial charge in [0.25, 0.3) is 0 Å². The molecule has 226 valence electrons. The maximum Gasteiger partial charge on any atom is 0.244 e. The molecule has 3 aromatic carbocycles. The molecule has 0 fully saturated rings. The van der Waals surface area contributed by atoms with Gasteiger partial charge >= 0.3 is 0 Å². The molecule has 42 heavy (non-hydrogen) atoms. The van der Waals surface area contributed by atoms with Crippen molar-refractivity contribution in [2.45, 2.75) is 52.2 Å². The Morgan fingerprint density at radius 2 is 1.55 bits per heavy atom. The van der Waals surface area contributed by atoms with Gasteiger partial charge in [-0.15, -0.1) is 0 Å². The third-order valence-electron chi connectivity index (χ3n) is 7.08. The number of aryl methyl sites for hydroxylation is 1. The molecule has 0 heterocycles. The molecule has 0 aliphatic rings. The molecule has 0 aliphatic carbocycles. The fourth-order valence-electron chi connectivity index (χ4n) is 4.48. The van der Waals surface area contributed by atoms with Gasteiger partial charge in [-0.05, 0) is 43.5 Å². The summed E-state index contributed by atoms with van der Waals surface area (Å²) in [6, 6.07) is 20.8. The first-order chi connectivity index (χ1) is 20.0. The molecule has 0 aromatic heterocycles. The zero-order valence-electron chi connectivity index (χ0n) is 25.2. The summed E-state index contributed by atoms with van der Waals surface area (Å²) in [6.07, 6.45) is 2.02. The van der Waals surface area contributed by atoms with Crippen molar-refractivity contribution in [1.29, 1.82) is 0 Å². The summed E-state index contributed by atoms with van der Waals surface area (Å²) in [7, 11) is -0.977. The summed E-state index contributed by atoms with van der Waals surface area (Å²) in [5.74, 6) is -0.0733. The van der Waals surface area contributed by atoms with Crippen LogP contribution in [0.25, 0.3) is 0 Å². The summed E-state index contributed by atoms with van der Waals surface area (Å²) < 4.78 is 37.7. The molecule has 9 nitrogen and oxygen atoms in total. The van der Waals surface area contributed by atoms with Gasteiger partial charge in [-0.2, -0.15) is 0 Å². The van der Waals surface area contributed by atoms with Crippen molar-refractivity contribution in [2.75, 3.05) is 31.3 Å². The van der Waals surface area contributed by atoms with E-state index in [4.69, 9.17) is 9.47 Å². The number of hydrogen-bond donors (Lipinski definition) is 1. The van der Waals surface area contributed by atoms with Gasteiger partial charge in [0.1, 0.15) is 12.6 Å². The number of rotatable bonds is 14. The maximum atomic E-state index is 14.2. The van der Waals surface area contributed by atoms with Crippen LogP contribution in [0, 0.1) is 6.92 Å². The number of anilines is 1. The van der Waals surface area contributed by atoms with Crippen molar-refractivity contribution in [1.82, 2.24) is 10.2 Å². The molecule has 2 amide bonds. The number of sulfonamides is 1. The highest BCUT2D eigenvalue weighted by molar-refractivity contribution is 7.92. The Bertz CT molecular complexity index is 1440. The third kappa shape index (κ3) is 8.72. The van der Waals surface area contributed by atoms with E-state index in [1.165, 1.54) is 25.2 Å². The number of methoxy groups -OCH3 is 2. The Labute approximate surface area is 249 Å². The molecule has 3 aromatic rings. The lowest BCUT2D eigenvalue weighted by Gasteiger charge is -2.34. The van der Waals surface area contributed by atoms with Gasteiger partial charge in [0, 0.05) is 25.1 Å². The molecule has 1 N–H and O–H groups in total. The number of ether oxygens (including phenoxy) is 2. The number of hydrogen-bond acceptors (Lipinski definition) is 6. The van der Waals surface area contributed by atoms with E-state index in [1.807, 2.05) is 75.4 Å². The predicted molar refractivity (Wildman–Crippen MR) is 165 cm³/mol. The van der Waals surface area contributed by atoms with E-state index in [0.29, 0.717) is 11.5 Å². The Kier molecular flexibility index (Phi) is 11.4. The van der Waals surface area contributed by atoms with Gasteiger partial charge < -0.3 is 19.7 Å². The number of carbonyl (C=O) groups excluding carboxylic acids is 2. The van der Waals surface area contributed by atoms with Crippen LogP contribution in [0.4, 0.5) is 5.69 Å². The van der Waals surface area contributed by atoms with Gasteiger partial charge in [0.2, 0.25) is 21.8 Å². The van der Waals surface area contributed by atoms with E-state index in [2.05, 4.69) is 5.32 Å². The molecule has 3 rings (SSSR count). The topological polar surface area (TPSA) is 105 Å². The summed E-state index contributed by atoms with van der Waals surface area (Å²) in [6.45, 7) is 5.46. The van der Waals surface area contributed by atoms with Crippen molar-refractivity contribution in [2.24, 2.45) is 0 Å². The van der Waals surface area contributed by atoms with E-state index >= 15 is 0 Å². The van der Waals surface area contributed by atoms with Crippen LogP contribution in [0.2, 0.25) is 0 Å². The number of benzene rings is 3. The number of carbonyl (C=O) groups is 2. The van der Waals surface area contributed by atoms with Gasteiger partial charge in [-0.1, -0.05) is 67.1 Å². The minimum atomic E-state index is -3.91. The quantitative estimate of drug-likeness (QED) is 0.298. The minimum Gasteiger partial charge on any atom is -0.493 e. The lowest BCUT2D eigenvalue weighted by atomic mass is 10.0. The van der Waals surface area contributed by atoms with Gasteiger partial charge in [-0.25, -0.2) is 8.42 Å². The predicted octanol–water partition coefficient (Wildman–Crippen LogP) is 4.33. The van der Waals surface area contributed by atoms with Gasteiger partial charge in [-0.3, -0.25) is 13.9 Å². The van der Waals surface area contributed by atoms with E-state index in [9.17, 15) is 18.0 Å². The third-order valence-corrected chi connectivity index (χ3v) is 8.22. The smallest absolute Gasteiger partial charge is 0.244 e. The Morgan fingerprint density at radius 1 is 0.905 bits per heavy atom. The molecule has 0 saturated carbocycles. The monoisotopic (exact) mass is 595 g/mol. The van der Waals surface area contributed by atoms with Crippen LogP contribution in [0.5, 0.6) is 11.5 Å². The van der Waals surface area contributed by atoms with Crippen LogP contribution in [-0.2, 0) is 32.6 Å². The van der Waals surface area contributed by atoms with E-state index in [1.54, 1.807) is 12.1 Å². The number of nitrogens with zero attached hydrogens (tertiary/aromatic N) is 2. The lowest BCUT2D eigenvalue weighted by molar-refractivity contribution is -0.140. The van der Waals surface area contributed by atoms with E-state index in [-0.39, 0.29) is 30.6 Å². The van der Waals surface area contributed by atoms with Crippen LogP contribution in [0.15, 0.2) is 72.8 Å². The van der Waals surface area contributed by atoms with Crippen LogP contribution in [0.3, 0.4) is 0 Å². The van der Waals surface area contributed by atoms with E-state index in [0.717, 1.165) is 33.7 Å². The highest BCUT2D eigenvalue weighted by Crippen LogP contribution is 2.32. The molecule has 0 unspecified atom stereocenters. The number of nitrogens with one attached hydrogen (secondary N) is 1. The van der Waals surface area contributed by atoms with Crippen LogP contribution >= 0.6 is 0 Å². The number of amides is 2. The minimum absolute atomic E-state index is 0.105. The Morgan fingerprint density at radius 3 is 2.12 bits per heavy atom. The summed E-state index contributed by atoms with van der Waals surface area (Å²) in [5.41, 5.74) is 3.00. The van der Waals surface area contributed by atoms with Crippen LogP contribution < -0.4 is 19.1 Å². The molecule has 0 radical (unpaired) electrons. The van der Waals surface area contributed by atoms with Crippen molar-refractivity contribution in [3.63, 3.8) is 0 Å². The van der Waals surface area contributed by atoms with Crippen LogP contribution in [-0.4, -0.2) is 64.2 Å². The second-order valence-electron chi connectivity index (χ2n) is 10.3. The summed E-state index contributed by atoms with van der Waals surface area (Å²) >= 11 is 0. The average Bonchev–Trinajstić information content (AvgIpc) is 2.97. The van der Waals surface area contributed by atoms with Crippen LogP contribution in [0.1, 0.15) is 37.0 Å². The highest BCUT2D eigenvalue weighted by atomic mass is 32.2. The first-order valence-corrected chi connectivity index (χ1v) is 15.7. The molecule has 0 aliphatic heterocycles. The molecule has 0 spiro atoms. The Balaban J connectivity index is 2.07. The molecule has 0 saturated heterocycles. The maximum absolute atomic E-state index is 14.2. The first-order valence-electron chi connectivity index (χ1n) is 13.9. The second kappa shape index (κ2) is 14.7. The normalized spacial score (nSPS) is 12.6. The fraction of sp³-hybridized carbons (Fsp3) is 0.375. The second-order valence-corrected chi connectivity index (χ2v) is 12.2. The molecular formula is C32H41N3O6S. The summed E-state index contributed by atoms with van der Waals surface area (Å²) in [4.78, 5) is 29.4. The molecule has 10 heteroatoms. The highest BCUT2D eigenvalue weighted by Gasteiger charge is 2.33.